The van der Waals surface area contributed by atoms with Crippen molar-refractivity contribution in [3.05, 3.63) is 0 Å². The van der Waals surface area contributed by atoms with Gasteiger partial charge in [0, 0.05) is 19.4 Å². The van der Waals surface area contributed by atoms with E-state index in [2.05, 4.69) is 0 Å². The zero-order valence-corrected chi connectivity index (χ0v) is 25.4. The van der Waals surface area contributed by atoms with Crippen LogP contribution in [0.5, 0.6) is 0 Å². The number of sulfonamides is 1. The summed E-state index contributed by atoms with van der Waals surface area (Å²) in [6.07, 6.45) is -9.44. The first-order valence-corrected chi connectivity index (χ1v) is 15.1. The Morgan fingerprint density at radius 3 is 1.24 bits per heavy atom. The van der Waals surface area contributed by atoms with Gasteiger partial charge in [0.15, 0.2) is 0 Å². The van der Waals surface area contributed by atoms with Crippen LogP contribution < -0.4 is 0 Å². The van der Waals surface area contributed by atoms with E-state index in [4.69, 9.17) is 9.66 Å². The number of carboxylic acids is 1. The van der Waals surface area contributed by atoms with E-state index in [0.717, 1.165) is 14.1 Å². The van der Waals surface area contributed by atoms with Gasteiger partial charge in [0.1, 0.15) is 6.54 Å². The van der Waals surface area contributed by atoms with Gasteiger partial charge in [0.2, 0.25) is 0 Å². The SMILES string of the molecule is C[N+](C)(CCCN(CC(=O)O)S(=O)(=O)C(F)(F)C(F)(F)C(F)(F)C(F)(F)C(F)(F)C(F)(F)C(F)(F)C(F)(F)C(F)(F)F)CCCS(=O)(=O)O. The molecule has 0 amide bonds. The number of hydrogen-bond acceptors (Lipinski definition) is 5. The third kappa shape index (κ3) is 8.20. The first-order valence-electron chi connectivity index (χ1n) is 12.1. The van der Waals surface area contributed by atoms with Crippen molar-refractivity contribution in [3.63, 3.8) is 0 Å². The van der Waals surface area contributed by atoms with E-state index in [1.807, 2.05) is 0 Å². The molecule has 30 heteroatoms. The average Bonchev–Trinajstić information content (AvgIpc) is 2.85. The topological polar surface area (TPSA) is 129 Å². The molecule has 0 fully saturated rings. The van der Waals surface area contributed by atoms with E-state index in [1.54, 1.807) is 0 Å². The third-order valence-electron chi connectivity index (χ3n) is 6.40. The standard InChI is InChI=1S/C19H21F19N2O7S2/c1-40(2,7-4-8-48(43,44)45)6-3-5-39(9-10(41)42)49(46,47)19(37,38)17(32,33)15(28,29)13(24,25)11(20,21)12(22,23)14(26,27)16(30,31)18(34,35)36/h3-9H2,1-2H3,(H-,41,42,43,44,45)/p+1. The number of nitrogens with zero attached hydrogens (tertiary/aromatic N) is 2. The van der Waals surface area contributed by atoms with Crippen LogP contribution in [0.3, 0.4) is 0 Å². The molecule has 0 aliphatic carbocycles. The highest BCUT2D eigenvalue weighted by molar-refractivity contribution is 7.90. The van der Waals surface area contributed by atoms with Crippen molar-refractivity contribution in [2.75, 3.05) is 46.0 Å². The molecule has 0 aromatic rings. The van der Waals surface area contributed by atoms with E-state index in [-0.39, 0.29) is 13.0 Å². The molecule has 9 nitrogen and oxygen atoms in total. The van der Waals surface area contributed by atoms with E-state index in [9.17, 15) is 105 Å². The van der Waals surface area contributed by atoms with Crippen LogP contribution in [-0.4, -0.2) is 140 Å². The van der Waals surface area contributed by atoms with Crippen molar-refractivity contribution in [3.8, 4) is 0 Å². The molecule has 0 saturated heterocycles. The summed E-state index contributed by atoms with van der Waals surface area (Å²) in [5.41, 5.74) is 0. The summed E-state index contributed by atoms with van der Waals surface area (Å²) < 4.78 is 311. The molecule has 2 N–H and O–H groups in total. The fourth-order valence-corrected chi connectivity index (χ4v) is 5.49. The summed E-state index contributed by atoms with van der Waals surface area (Å²) in [4.78, 5) is 11.0. The molecule has 0 bridgehead atoms. The number of carbonyl (C=O) groups is 1. The highest BCUT2D eigenvalue weighted by atomic mass is 32.2. The molecule has 0 unspecified atom stereocenters. The van der Waals surface area contributed by atoms with Crippen LogP contribution in [0, 0.1) is 0 Å². The fraction of sp³-hybridized carbons (Fsp3) is 0.947. The van der Waals surface area contributed by atoms with Gasteiger partial charge in [0.05, 0.1) is 32.9 Å². The number of rotatable bonds is 19. The van der Waals surface area contributed by atoms with Crippen molar-refractivity contribution in [1.29, 1.82) is 0 Å². The molecule has 0 spiro atoms. The van der Waals surface area contributed by atoms with Crippen LogP contribution in [0.1, 0.15) is 12.8 Å². The van der Waals surface area contributed by atoms with Crippen LogP contribution in [0.25, 0.3) is 0 Å². The molecule has 0 aromatic carbocycles. The van der Waals surface area contributed by atoms with Gasteiger partial charge in [-0.25, -0.2) is 8.42 Å². The molecule has 0 rings (SSSR count). The van der Waals surface area contributed by atoms with Crippen molar-refractivity contribution in [2.45, 2.75) is 65.7 Å². The Hall–Kier alpha value is -2.08. The lowest BCUT2D eigenvalue weighted by atomic mass is 9.89. The summed E-state index contributed by atoms with van der Waals surface area (Å²) >= 11 is 0. The Kier molecular flexibility index (Phi) is 12.9. The number of carboxylic acid groups (broad SMARTS) is 1. The Morgan fingerprint density at radius 1 is 0.592 bits per heavy atom. The lowest BCUT2D eigenvalue weighted by Crippen LogP contribution is -2.76. The number of aliphatic carboxylic acids is 1. The minimum Gasteiger partial charge on any atom is -0.480 e. The predicted octanol–water partition coefficient (Wildman–Crippen LogP) is 5.05. The molecule has 0 saturated carbocycles. The number of quaternary nitrogens is 1. The highest BCUT2D eigenvalue weighted by Gasteiger charge is 2.97. The molecule has 0 aromatic heterocycles. The first kappa shape index (κ1) is 46.9. The second-order valence-corrected chi connectivity index (χ2v) is 14.2. The maximum Gasteiger partial charge on any atom is 0.460 e. The minimum atomic E-state index is -9.27. The number of alkyl halides is 19. The second-order valence-electron chi connectivity index (χ2n) is 10.6. The van der Waals surface area contributed by atoms with Crippen molar-refractivity contribution < 1.29 is 119 Å². The summed E-state index contributed by atoms with van der Waals surface area (Å²) in [6.45, 7) is -5.10. The zero-order chi connectivity index (χ0) is 40.1. The second kappa shape index (κ2) is 13.5. The molecular weight excluding hydrogens is 793 g/mol. The van der Waals surface area contributed by atoms with Gasteiger partial charge < -0.3 is 9.59 Å². The Labute approximate surface area is 262 Å². The van der Waals surface area contributed by atoms with Crippen molar-refractivity contribution in [2.24, 2.45) is 0 Å². The third-order valence-corrected chi connectivity index (χ3v) is 9.10. The molecule has 49 heavy (non-hydrogen) atoms. The van der Waals surface area contributed by atoms with Gasteiger partial charge in [0.25, 0.3) is 20.1 Å². The Balaban J connectivity index is 6.89. The largest absolute Gasteiger partial charge is 0.480 e. The maximum absolute atomic E-state index is 14.6. The van der Waals surface area contributed by atoms with Gasteiger partial charge in [-0.15, -0.1) is 0 Å². The summed E-state index contributed by atoms with van der Waals surface area (Å²) in [7, 11) is -10.1. The van der Waals surface area contributed by atoms with E-state index >= 15 is 0 Å². The molecule has 0 aliphatic heterocycles. The minimum absolute atomic E-state index is 0.284. The summed E-state index contributed by atoms with van der Waals surface area (Å²) in [5.74, 6) is -66.5. The smallest absolute Gasteiger partial charge is 0.460 e. The van der Waals surface area contributed by atoms with Gasteiger partial charge >= 0.3 is 58.9 Å². The molecule has 294 valence electrons. The molecule has 0 radical (unpaired) electrons. The lowest BCUT2D eigenvalue weighted by Gasteiger charge is -2.43. The number of halogens is 19. The van der Waals surface area contributed by atoms with Gasteiger partial charge in [-0.3, -0.25) is 9.35 Å². The van der Waals surface area contributed by atoms with Crippen molar-refractivity contribution in [1.82, 2.24) is 4.31 Å². The van der Waals surface area contributed by atoms with E-state index < -0.39 is 120 Å². The monoisotopic (exact) mass is 815 g/mol. The molecular formula is C19H22F19N2O7S2+. The molecule has 0 atom stereocenters. The summed E-state index contributed by atoms with van der Waals surface area (Å²) in [5, 5.41) is 0.744. The van der Waals surface area contributed by atoms with Crippen LogP contribution in [-0.2, 0) is 24.9 Å². The summed E-state index contributed by atoms with van der Waals surface area (Å²) in [6, 6.07) is 0. The van der Waals surface area contributed by atoms with Gasteiger partial charge in [-0.05, 0) is 0 Å². The first-order chi connectivity index (χ1) is 21.0. The lowest BCUT2D eigenvalue weighted by molar-refractivity contribution is -0.890. The highest BCUT2D eigenvalue weighted by Crippen LogP contribution is 2.65. The Bertz CT molecular complexity index is 1410. The van der Waals surface area contributed by atoms with Crippen LogP contribution in [0.4, 0.5) is 83.4 Å². The van der Waals surface area contributed by atoms with Crippen LogP contribution in [0.2, 0.25) is 0 Å². The number of hydrogen-bond donors (Lipinski definition) is 2. The molecule has 0 aliphatic rings. The predicted molar refractivity (Wildman–Crippen MR) is 121 cm³/mol. The quantitative estimate of drug-likeness (QED) is 0.106. The zero-order valence-electron chi connectivity index (χ0n) is 23.8. The van der Waals surface area contributed by atoms with Crippen LogP contribution >= 0.6 is 0 Å². The fourth-order valence-electron chi connectivity index (χ4n) is 3.57. The van der Waals surface area contributed by atoms with Crippen LogP contribution in [0.15, 0.2) is 0 Å². The maximum atomic E-state index is 14.6. The normalized spacial score (nSPS) is 16.0. The average molecular weight is 815 g/mol. The Morgan fingerprint density at radius 2 is 0.918 bits per heavy atom. The molecule has 0 heterocycles. The van der Waals surface area contributed by atoms with Gasteiger partial charge in [-0.2, -0.15) is 96.1 Å². The van der Waals surface area contributed by atoms with E-state index in [0.29, 0.717) is 0 Å². The van der Waals surface area contributed by atoms with Crippen molar-refractivity contribution >= 4 is 26.1 Å². The van der Waals surface area contributed by atoms with Gasteiger partial charge in [-0.1, -0.05) is 0 Å². The van der Waals surface area contributed by atoms with E-state index in [1.165, 1.54) is 0 Å².